The molecule has 2 rings (SSSR count). The number of likely N-dealkylation sites (tertiary alicyclic amines) is 1. The number of aryl methyl sites for hydroxylation is 1. The van der Waals surface area contributed by atoms with Gasteiger partial charge in [0, 0.05) is 16.7 Å². The molecule has 0 bridgehead atoms. The van der Waals surface area contributed by atoms with E-state index in [0.29, 0.717) is 6.54 Å². The van der Waals surface area contributed by atoms with Crippen LogP contribution in [0.3, 0.4) is 0 Å². The summed E-state index contributed by atoms with van der Waals surface area (Å²) in [4.78, 5) is 14.1. The second kappa shape index (κ2) is 5.35. The van der Waals surface area contributed by atoms with Crippen LogP contribution in [0.4, 0.5) is 0 Å². The maximum atomic E-state index is 12.3. The normalized spacial score (nSPS) is 20.4. The summed E-state index contributed by atoms with van der Waals surface area (Å²) in [5, 5.41) is 9.60. The number of aliphatic hydroxyl groups excluding tert-OH is 1. The first kappa shape index (κ1) is 12.8. The summed E-state index contributed by atoms with van der Waals surface area (Å²) in [5.74, 6) is 0.0388. The number of carbonyl (C=O) groups is 1. The smallest absolute Gasteiger partial charge is 0.255 e. The highest BCUT2D eigenvalue weighted by atomic mass is 127. The number of aliphatic hydroxyl groups is 1. The topological polar surface area (TPSA) is 40.5 Å². The summed E-state index contributed by atoms with van der Waals surface area (Å²) in [6.07, 6.45) is 1.32. The van der Waals surface area contributed by atoms with Gasteiger partial charge in [0.2, 0.25) is 0 Å². The van der Waals surface area contributed by atoms with Gasteiger partial charge in [-0.2, -0.15) is 0 Å². The number of amides is 1. The lowest BCUT2D eigenvalue weighted by molar-refractivity contribution is 0.0473. The van der Waals surface area contributed by atoms with Crippen molar-refractivity contribution in [2.75, 3.05) is 13.1 Å². The van der Waals surface area contributed by atoms with Gasteiger partial charge in [0.25, 0.3) is 5.91 Å². The highest BCUT2D eigenvalue weighted by Gasteiger charge is 2.24. The van der Waals surface area contributed by atoms with Gasteiger partial charge in [-0.3, -0.25) is 4.79 Å². The molecule has 1 fully saturated rings. The van der Waals surface area contributed by atoms with Gasteiger partial charge in [-0.1, -0.05) is 11.6 Å². The minimum absolute atomic E-state index is 0.0388. The molecule has 1 aliphatic rings. The summed E-state index contributed by atoms with van der Waals surface area (Å²) in [6.45, 7) is 3.20. The number of hydrogen-bond donors (Lipinski definition) is 1. The number of hydrogen-bond acceptors (Lipinski definition) is 2. The molecular weight excluding hydrogens is 329 g/mol. The first-order valence-electron chi connectivity index (χ1n) is 5.81. The molecule has 1 aliphatic heterocycles. The number of nitrogens with zero attached hydrogens (tertiary/aromatic N) is 1. The standard InChI is InChI=1S/C13H16INO2/c1-9-4-5-12(14)11(7-9)13(17)15-6-2-3-10(16)8-15/h4-5,7,10,16H,2-3,6,8H2,1H3. The lowest BCUT2D eigenvalue weighted by atomic mass is 10.1. The monoisotopic (exact) mass is 345 g/mol. The number of β-amino-alcohol motifs (C(OH)–C–C–N with tert-alkyl or cyclic N) is 1. The molecule has 3 nitrogen and oxygen atoms in total. The van der Waals surface area contributed by atoms with Crippen LogP contribution in [0.25, 0.3) is 0 Å². The first-order chi connectivity index (χ1) is 8.08. The van der Waals surface area contributed by atoms with Gasteiger partial charge in [-0.15, -0.1) is 0 Å². The van der Waals surface area contributed by atoms with Gasteiger partial charge in [0.15, 0.2) is 0 Å². The van der Waals surface area contributed by atoms with E-state index in [2.05, 4.69) is 22.6 Å². The summed E-state index contributed by atoms with van der Waals surface area (Å²) in [5.41, 5.74) is 1.84. The highest BCUT2D eigenvalue weighted by molar-refractivity contribution is 14.1. The Morgan fingerprint density at radius 1 is 1.53 bits per heavy atom. The van der Waals surface area contributed by atoms with Gasteiger partial charge in [-0.05, 0) is 54.5 Å². The molecule has 0 spiro atoms. The van der Waals surface area contributed by atoms with Crippen molar-refractivity contribution in [1.82, 2.24) is 4.90 Å². The molecule has 1 saturated heterocycles. The number of halogens is 1. The molecule has 0 saturated carbocycles. The van der Waals surface area contributed by atoms with E-state index in [4.69, 9.17) is 0 Å². The van der Waals surface area contributed by atoms with Gasteiger partial charge >= 0.3 is 0 Å². The summed E-state index contributed by atoms with van der Waals surface area (Å²) in [6, 6.07) is 5.89. The lowest BCUT2D eigenvalue weighted by Crippen LogP contribution is -2.42. The number of piperidine rings is 1. The molecule has 17 heavy (non-hydrogen) atoms. The minimum Gasteiger partial charge on any atom is -0.391 e. The van der Waals surface area contributed by atoms with Gasteiger partial charge in [0.05, 0.1) is 11.7 Å². The molecule has 1 N–H and O–H groups in total. The maximum Gasteiger partial charge on any atom is 0.255 e. The third-order valence-electron chi connectivity index (χ3n) is 3.04. The van der Waals surface area contributed by atoms with E-state index in [1.165, 1.54) is 0 Å². The van der Waals surface area contributed by atoms with Crippen LogP contribution in [0.2, 0.25) is 0 Å². The third-order valence-corrected chi connectivity index (χ3v) is 3.98. The molecule has 0 aliphatic carbocycles. The molecule has 1 heterocycles. The molecule has 1 aromatic rings. The fraction of sp³-hybridized carbons (Fsp3) is 0.462. The summed E-state index contributed by atoms with van der Waals surface area (Å²) < 4.78 is 0.971. The summed E-state index contributed by atoms with van der Waals surface area (Å²) >= 11 is 2.18. The molecular formula is C13H16INO2. The van der Waals surface area contributed by atoms with Gasteiger partial charge in [0.1, 0.15) is 0 Å². The van der Waals surface area contributed by atoms with Crippen LogP contribution in [0.5, 0.6) is 0 Å². The van der Waals surface area contributed by atoms with Crippen LogP contribution in [-0.2, 0) is 0 Å². The third kappa shape index (κ3) is 2.98. The SMILES string of the molecule is Cc1ccc(I)c(C(=O)N2CCCC(O)C2)c1. The van der Waals surface area contributed by atoms with Gasteiger partial charge < -0.3 is 10.0 Å². The second-order valence-electron chi connectivity index (χ2n) is 4.53. The molecule has 1 atom stereocenters. The fourth-order valence-electron chi connectivity index (χ4n) is 2.11. The Morgan fingerprint density at radius 2 is 2.29 bits per heavy atom. The van der Waals surface area contributed by atoms with Gasteiger partial charge in [-0.25, -0.2) is 0 Å². The Kier molecular flexibility index (Phi) is 4.04. The second-order valence-corrected chi connectivity index (χ2v) is 5.69. The van der Waals surface area contributed by atoms with E-state index in [1.54, 1.807) is 4.90 Å². The largest absolute Gasteiger partial charge is 0.391 e. The molecule has 0 radical (unpaired) electrons. The lowest BCUT2D eigenvalue weighted by Gasteiger charge is -2.30. The minimum atomic E-state index is -0.366. The molecule has 0 aromatic heterocycles. The van der Waals surface area contributed by atoms with Crippen LogP contribution in [-0.4, -0.2) is 35.1 Å². The van der Waals surface area contributed by atoms with Crippen LogP contribution >= 0.6 is 22.6 Å². The Hall–Kier alpha value is -0.620. The van der Waals surface area contributed by atoms with Crippen LogP contribution < -0.4 is 0 Å². The Balaban J connectivity index is 2.21. The number of carbonyl (C=O) groups excluding carboxylic acids is 1. The number of rotatable bonds is 1. The fourth-order valence-corrected chi connectivity index (χ4v) is 2.68. The highest BCUT2D eigenvalue weighted by Crippen LogP contribution is 2.19. The predicted molar refractivity (Wildman–Crippen MR) is 75.0 cm³/mol. The number of benzene rings is 1. The van der Waals surface area contributed by atoms with Crippen molar-refractivity contribution in [2.45, 2.75) is 25.9 Å². The van der Waals surface area contributed by atoms with Crippen LogP contribution in [0.1, 0.15) is 28.8 Å². The van der Waals surface area contributed by atoms with Crippen LogP contribution in [0, 0.1) is 10.5 Å². The predicted octanol–water partition coefficient (Wildman–Crippen LogP) is 2.20. The summed E-state index contributed by atoms with van der Waals surface area (Å²) in [7, 11) is 0. The maximum absolute atomic E-state index is 12.3. The van der Waals surface area contributed by atoms with E-state index in [1.807, 2.05) is 25.1 Å². The zero-order valence-electron chi connectivity index (χ0n) is 9.82. The van der Waals surface area contributed by atoms with E-state index in [0.717, 1.165) is 34.1 Å². The zero-order valence-corrected chi connectivity index (χ0v) is 12.0. The van der Waals surface area contributed by atoms with E-state index in [-0.39, 0.29) is 12.0 Å². The zero-order chi connectivity index (χ0) is 12.4. The van der Waals surface area contributed by atoms with Crippen LogP contribution in [0.15, 0.2) is 18.2 Å². The Labute approximate surface area is 115 Å². The van der Waals surface area contributed by atoms with Crippen molar-refractivity contribution in [3.05, 3.63) is 32.9 Å². The molecule has 1 aromatic carbocycles. The van der Waals surface area contributed by atoms with E-state index < -0.39 is 0 Å². The molecule has 92 valence electrons. The van der Waals surface area contributed by atoms with Crippen molar-refractivity contribution < 1.29 is 9.90 Å². The molecule has 1 unspecified atom stereocenters. The average Bonchev–Trinajstić information content (AvgIpc) is 2.31. The first-order valence-corrected chi connectivity index (χ1v) is 6.89. The van der Waals surface area contributed by atoms with Crippen molar-refractivity contribution in [3.63, 3.8) is 0 Å². The van der Waals surface area contributed by atoms with Crippen molar-refractivity contribution in [2.24, 2.45) is 0 Å². The van der Waals surface area contributed by atoms with E-state index in [9.17, 15) is 9.90 Å². The quantitative estimate of drug-likeness (QED) is 0.793. The molecule has 4 heteroatoms. The van der Waals surface area contributed by atoms with Crippen molar-refractivity contribution >= 4 is 28.5 Å². The van der Waals surface area contributed by atoms with E-state index >= 15 is 0 Å². The Morgan fingerprint density at radius 3 is 3.00 bits per heavy atom. The molecule has 1 amide bonds. The van der Waals surface area contributed by atoms with Crippen molar-refractivity contribution in [3.8, 4) is 0 Å². The van der Waals surface area contributed by atoms with Crippen molar-refractivity contribution in [1.29, 1.82) is 0 Å². The average molecular weight is 345 g/mol. The Bertz CT molecular complexity index is 433.